The highest BCUT2D eigenvalue weighted by molar-refractivity contribution is 8.26. The van der Waals surface area contributed by atoms with Crippen LogP contribution in [0.3, 0.4) is 0 Å². The molecule has 1 fully saturated rings. The Morgan fingerprint density at radius 1 is 1.39 bits per heavy atom. The fourth-order valence-corrected chi connectivity index (χ4v) is 3.31. The quantitative estimate of drug-likeness (QED) is 0.480. The zero-order valence-electron chi connectivity index (χ0n) is 12.4. The smallest absolute Gasteiger partial charge is 0.266 e. The molecule has 0 saturated carbocycles. The number of thiocarbonyl (C=S) groups is 1. The van der Waals surface area contributed by atoms with E-state index in [2.05, 4.69) is 5.32 Å². The summed E-state index contributed by atoms with van der Waals surface area (Å²) in [4.78, 5) is 26.0. The van der Waals surface area contributed by atoms with Crippen LogP contribution in [0.5, 0.6) is 0 Å². The molecule has 1 saturated heterocycles. The van der Waals surface area contributed by atoms with Crippen LogP contribution in [0.25, 0.3) is 6.08 Å². The summed E-state index contributed by atoms with van der Waals surface area (Å²) in [5, 5.41) is 2.61. The highest BCUT2D eigenvalue weighted by atomic mass is 35.5. The highest BCUT2D eigenvalue weighted by Gasteiger charge is 2.30. The zero-order chi connectivity index (χ0) is 17.2. The Morgan fingerprint density at radius 3 is 2.48 bits per heavy atom. The summed E-state index contributed by atoms with van der Waals surface area (Å²) in [6, 6.07) is 7.00. The predicted molar refractivity (Wildman–Crippen MR) is 101 cm³/mol. The number of hydrogen-bond acceptors (Lipinski definition) is 4. The molecule has 0 radical (unpaired) electrons. The summed E-state index contributed by atoms with van der Waals surface area (Å²) >= 11 is 17.9. The lowest BCUT2D eigenvalue weighted by molar-refractivity contribution is -0.122. The van der Waals surface area contributed by atoms with Crippen LogP contribution in [0.15, 0.2) is 29.2 Å². The first-order valence-corrected chi connectivity index (χ1v) is 8.75. The summed E-state index contributed by atoms with van der Waals surface area (Å²) in [6.07, 6.45) is 1.77. The average molecular weight is 389 g/mol. The Balaban J connectivity index is 2.12. The molecule has 0 aliphatic carbocycles. The first-order chi connectivity index (χ1) is 10.7. The number of halogens is 2. The van der Waals surface area contributed by atoms with Gasteiger partial charge in [0.2, 0.25) is 0 Å². The zero-order valence-corrected chi connectivity index (χ0v) is 15.6. The second kappa shape index (κ2) is 7.21. The fourth-order valence-electron chi connectivity index (χ4n) is 1.83. The minimum Gasteiger partial charge on any atom is -0.323 e. The van der Waals surface area contributed by atoms with Crippen molar-refractivity contribution in [2.45, 2.75) is 18.2 Å². The van der Waals surface area contributed by atoms with Crippen molar-refractivity contribution < 1.29 is 9.59 Å². The molecule has 0 unspecified atom stereocenters. The molecule has 1 N–H and O–H groups in total. The molecule has 8 heteroatoms. The largest absolute Gasteiger partial charge is 0.323 e. The standard InChI is InChI=1S/C15H14Cl2N2O2S2/c1-3-19-12(20)11(23-14(19)22)8-9-4-6-10(7-5-9)18-13(21)15(2,16)17/h4-8H,3H2,1-2H3,(H,18,21)/b11-8+. The summed E-state index contributed by atoms with van der Waals surface area (Å²) < 4.78 is -0.927. The molecule has 0 spiro atoms. The van der Waals surface area contributed by atoms with Gasteiger partial charge in [0, 0.05) is 12.2 Å². The van der Waals surface area contributed by atoms with Crippen LogP contribution < -0.4 is 5.32 Å². The predicted octanol–water partition coefficient (Wildman–Crippen LogP) is 4.04. The second-order valence-corrected chi connectivity index (χ2v) is 8.27. The number of rotatable bonds is 4. The van der Waals surface area contributed by atoms with E-state index in [4.69, 9.17) is 35.4 Å². The molecule has 2 amide bonds. The van der Waals surface area contributed by atoms with Crippen LogP contribution in [0.4, 0.5) is 5.69 Å². The third-order valence-electron chi connectivity index (χ3n) is 3.05. The first kappa shape index (κ1) is 18.3. The number of anilines is 1. The second-order valence-electron chi connectivity index (χ2n) is 4.89. The normalized spacial score (nSPS) is 17.0. The van der Waals surface area contributed by atoms with Crippen LogP contribution in [0, 0.1) is 0 Å². The van der Waals surface area contributed by atoms with E-state index in [-0.39, 0.29) is 5.91 Å². The number of amides is 2. The summed E-state index contributed by atoms with van der Waals surface area (Å²) in [6.45, 7) is 3.84. The van der Waals surface area contributed by atoms with Gasteiger partial charge in [0.25, 0.3) is 11.8 Å². The molecule has 4 nitrogen and oxygen atoms in total. The van der Waals surface area contributed by atoms with Gasteiger partial charge in [-0.1, -0.05) is 59.3 Å². The maximum absolute atomic E-state index is 12.1. The van der Waals surface area contributed by atoms with Gasteiger partial charge < -0.3 is 5.32 Å². The molecule has 1 heterocycles. The van der Waals surface area contributed by atoms with Gasteiger partial charge in [0.1, 0.15) is 4.32 Å². The van der Waals surface area contributed by atoms with Crippen molar-refractivity contribution >= 4 is 75.1 Å². The summed E-state index contributed by atoms with van der Waals surface area (Å²) in [5.74, 6) is -0.586. The third kappa shape index (κ3) is 4.47. The van der Waals surface area contributed by atoms with Crippen LogP contribution in [-0.4, -0.2) is 31.9 Å². The van der Waals surface area contributed by atoms with Crippen molar-refractivity contribution in [1.82, 2.24) is 4.90 Å². The van der Waals surface area contributed by atoms with Gasteiger partial charge in [-0.25, -0.2) is 0 Å². The van der Waals surface area contributed by atoms with Crippen molar-refractivity contribution in [3.63, 3.8) is 0 Å². The van der Waals surface area contributed by atoms with Gasteiger partial charge in [-0.2, -0.15) is 0 Å². The van der Waals surface area contributed by atoms with Gasteiger partial charge in [-0.3, -0.25) is 14.5 Å². The number of alkyl halides is 2. The molecule has 1 aliphatic heterocycles. The SMILES string of the molecule is CCN1C(=O)/C(=C\c2ccc(NC(=O)C(C)(Cl)Cl)cc2)SC1=S. The van der Waals surface area contributed by atoms with Gasteiger partial charge in [0.05, 0.1) is 4.91 Å². The van der Waals surface area contributed by atoms with E-state index in [1.54, 1.807) is 35.2 Å². The van der Waals surface area contributed by atoms with Crippen LogP contribution in [-0.2, 0) is 9.59 Å². The molecular formula is C15H14Cl2N2O2S2. The molecule has 0 bridgehead atoms. The van der Waals surface area contributed by atoms with Gasteiger partial charge in [-0.05, 0) is 37.6 Å². The Bertz CT molecular complexity index is 682. The van der Waals surface area contributed by atoms with Gasteiger partial charge in [0.15, 0.2) is 4.33 Å². The van der Waals surface area contributed by atoms with E-state index in [1.165, 1.54) is 18.7 Å². The number of thioether (sulfide) groups is 1. The van der Waals surface area contributed by atoms with Crippen molar-refractivity contribution in [3.8, 4) is 0 Å². The van der Waals surface area contributed by atoms with E-state index in [0.29, 0.717) is 21.5 Å². The lowest BCUT2D eigenvalue weighted by Crippen LogP contribution is -2.29. The monoisotopic (exact) mass is 388 g/mol. The van der Waals surface area contributed by atoms with E-state index in [0.717, 1.165) is 5.56 Å². The van der Waals surface area contributed by atoms with Crippen LogP contribution >= 0.6 is 47.2 Å². The molecule has 1 aliphatic rings. The number of nitrogens with one attached hydrogen (secondary N) is 1. The maximum atomic E-state index is 12.1. The first-order valence-electron chi connectivity index (χ1n) is 6.77. The molecular weight excluding hydrogens is 375 g/mol. The molecule has 0 aromatic heterocycles. The Labute approximate surface area is 154 Å². The molecule has 23 heavy (non-hydrogen) atoms. The molecule has 2 rings (SSSR count). The van der Waals surface area contributed by atoms with E-state index >= 15 is 0 Å². The van der Waals surface area contributed by atoms with Crippen molar-refractivity contribution in [2.75, 3.05) is 11.9 Å². The summed E-state index contributed by atoms with van der Waals surface area (Å²) in [5.41, 5.74) is 1.40. The number of carbonyl (C=O) groups excluding carboxylic acids is 2. The molecule has 122 valence electrons. The average Bonchev–Trinajstić information content (AvgIpc) is 2.74. The number of hydrogen-bond donors (Lipinski definition) is 1. The van der Waals surface area contributed by atoms with Crippen molar-refractivity contribution in [2.24, 2.45) is 0 Å². The topological polar surface area (TPSA) is 49.4 Å². The van der Waals surface area contributed by atoms with E-state index in [9.17, 15) is 9.59 Å². The minimum absolute atomic E-state index is 0.0834. The number of likely N-dealkylation sites (N-methyl/N-ethyl adjacent to an activating group) is 1. The molecule has 1 aromatic carbocycles. The van der Waals surface area contributed by atoms with Crippen molar-refractivity contribution in [1.29, 1.82) is 0 Å². The fraction of sp³-hybridized carbons (Fsp3) is 0.267. The Morgan fingerprint density at radius 2 is 2.00 bits per heavy atom. The third-order valence-corrected chi connectivity index (χ3v) is 4.78. The number of nitrogens with zero attached hydrogens (tertiary/aromatic N) is 1. The highest BCUT2D eigenvalue weighted by Crippen LogP contribution is 2.32. The maximum Gasteiger partial charge on any atom is 0.266 e. The number of benzene rings is 1. The van der Waals surface area contributed by atoms with Crippen molar-refractivity contribution in [3.05, 3.63) is 34.7 Å². The van der Waals surface area contributed by atoms with Crippen LogP contribution in [0.1, 0.15) is 19.4 Å². The van der Waals surface area contributed by atoms with E-state index < -0.39 is 10.2 Å². The van der Waals surface area contributed by atoms with Gasteiger partial charge in [-0.15, -0.1) is 0 Å². The van der Waals surface area contributed by atoms with Gasteiger partial charge >= 0.3 is 0 Å². The molecule has 1 aromatic rings. The minimum atomic E-state index is -1.49. The lowest BCUT2D eigenvalue weighted by Gasteiger charge is -2.13. The number of carbonyl (C=O) groups is 2. The Kier molecular flexibility index (Phi) is 5.73. The molecule has 0 atom stereocenters. The lowest BCUT2D eigenvalue weighted by atomic mass is 10.2. The van der Waals surface area contributed by atoms with E-state index in [1.807, 2.05) is 6.92 Å². The Hall–Kier alpha value is -1.08. The van der Waals surface area contributed by atoms with Crippen LogP contribution in [0.2, 0.25) is 0 Å². The summed E-state index contributed by atoms with van der Waals surface area (Å²) in [7, 11) is 0.